The number of aromatic carboxylic acids is 1. The molecule has 1 aromatic carbocycles. The summed E-state index contributed by atoms with van der Waals surface area (Å²) < 4.78 is 26.7. The third-order valence-electron chi connectivity index (χ3n) is 2.71. The molecule has 110 valence electrons. The Bertz CT molecular complexity index is 698. The van der Waals surface area contributed by atoms with Crippen LogP contribution in [0.15, 0.2) is 30.5 Å². The number of aromatic nitrogens is 2. The first-order valence-corrected chi connectivity index (χ1v) is 5.85. The van der Waals surface area contributed by atoms with E-state index in [0.717, 1.165) is 10.9 Å². The van der Waals surface area contributed by atoms with Gasteiger partial charge in [-0.25, -0.2) is 13.6 Å². The van der Waals surface area contributed by atoms with Gasteiger partial charge in [0.15, 0.2) is 0 Å². The number of hydrogen-bond donors (Lipinski definition) is 2. The largest absolute Gasteiger partial charge is 0.478 e. The summed E-state index contributed by atoms with van der Waals surface area (Å²) in [5.74, 6) is -2.07. The minimum Gasteiger partial charge on any atom is -0.478 e. The van der Waals surface area contributed by atoms with Crippen LogP contribution in [0.2, 0.25) is 0 Å². The molecule has 0 saturated heterocycles. The monoisotopic (exact) mass is 295 g/mol. The van der Waals surface area contributed by atoms with Crippen molar-refractivity contribution >= 4 is 17.6 Å². The Morgan fingerprint density at radius 1 is 1.29 bits per heavy atom. The molecular weight excluding hydrogens is 284 g/mol. The molecule has 0 unspecified atom stereocenters. The molecule has 0 saturated carbocycles. The van der Waals surface area contributed by atoms with Gasteiger partial charge in [-0.15, -0.1) is 0 Å². The molecule has 0 aliphatic heterocycles. The van der Waals surface area contributed by atoms with Gasteiger partial charge in [0.25, 0.3) is 12.3 Å². The summed E-state index contributed by atoms with van der Waals surface area (Å²) in [6.45, 7) is 0. The number of carbonyl (C=O) groups is 2. The molecule has 6 nitrogen and oxygen atoms in total. The van der Waals surface area contributed by atoms with Crippen molar-refractivity contribution in [3.63, 3.8) is 0 Å². The van der Waals surface area contributed by atoms with E-state index in [1.807, 2.05) is 0 Å². The first kappa shape index (κ1) is 14.6. The van der Waals surface area contributed by atoms with Gasteiger partial charge in [0.05, 0.1) is 16.8 Å². The fourth-order valence-corrected chi connectivity index (χ4v) is 1.81. The molecule has 2 aromatic rings. The van der Waals surface area contributed by atoms with Crippen LogP contribution in [0.5, 0.6) is 0 Å². The van der Waals surface area contributed by atoms with Crippen LogP contribution in [0.4, 0.5) is 14.5 Å². The van der Waals surface area contributed by atoms with Crippen LogP contribution < -0.4 is 5.32 Å². The normalized spacial score (nSPS) is 10.7. The number of alkyl halides is 2. The van der Waals surface area contributed by atoms with Crippen LogP contribution in [-0.2, 0) is 7.05 Å². The van der Waals surface area contributed by atoms with Gasteiger partial charge in [-0.05, 0) is 12.1 Å². The maximum Gasteiger partial charge on any atom is 0.337 e. The highest BCUT2D eigenvalue weighted by molar-refractivity contribution is 6.08. The third kappa shape index (κ3) is 3.04. The molecule has 0 aliphatic carbocycles. The van der Waals surface area contributed by atoms with Crippen molar-refractivity contribution in [2.75, 3.05) is 5.32 Å². The number of nitrogens with one attached hydrogen (secondary N) is 1. The lowest BCUT2D eigenvalue weighted by atomic mass is 10.1. The number of carboxylic acids is 1. The van der Waals surface area contributed by atoms with Crippen LogP contribution in [0, 0.1) is 0 Å². The average molecular weight is 295 g/mol. The number of carboxylic acid groups (broad SMARTS) is 1. The second kappa shape index (κ2) is 5.70. The Kier molecular flexibility index (Phi) is 3.97. The molecule has 0 bridgehead atoms. The van der Waals surface area contributed by atoms with Gasteiger partial charge in [-0.1, -0.05) is 12.1 Å². The Morgan fingerprint density at radius 3 is 2.57 bits per heavy atom. The Balaban J connectivity index is 2.33. The Labute approximate surface area is 118 Å². The number of anilines is 1. The van der Waals surface area contributed by atoms with Gasteiger partial charge in [0, 0.05) is 13.2 Å². The molecule has 2 rings (SSSR count). The van der Waals surface area contributed by atoms with E-state index in [1.54, 1.807) is 0 Å². The standard InChI is InChI=1S/C13H11F2N3O3/c1-18-6-8(10(17-18)11(14)15)12(19)16-9-5-3-2-4-7(9)13(20)21/h2-6,11H,1H3,(H,16,19)(H,20,21). The lowest BCUT2D eigenvalue weighted by Gasteiger charge is -2.08. The van der Waals surface area contributed by atoms with Crippen LogP contribution in [0.1, 0.15) is 32.8 Å². The van der Waals surface area contributed by atoms with Crippen molar-refractivity contribution in [3.8, 4) is 0 Å². The van der Waals surface area contributed by atoms with Crippen molar-refractivity contribution in [1.29, 1.82) is 0 Å². The van der Waals surface area contributed by atoms with Gasteiger partial charge in [-0.2, -0.15) is 5.10 Å². The molecule has 8 heteroatoms. The smallest absolute Gasteiger partial charge is 0.337 e. The number of nitrogens with zero attached hydrogens (tertiary/aromatic N) is 2. The number of benzene rings is 1. The minimum absolute atomic E-state index is 0.0269. The summed E-state index contributed by atoms with van der Waals surface area (Å²) in [7, 11) is 1.41. The van der Waals surface area contributed by atoms with Crippen molar-refractivity contribution in [2.45, 2.75) is 6.43 Å². The highest BCUT2D eigenvalue weighted by atomic mass is 19.3. The highest BCUT2D eigenvalue weighted by Gasteiger charge is 2.23. The van der Waals surface area contributed by atoms with Crippen LogP contribution >= 0.6 is 0 Å². The van der Waals surface area contributed by atoms with E-state index in [4.69, 9.17) is 5.11 Å². The average Bonchev–Trinajstić information content (AvgIpc) is 2.81. The van der Waals surface area contributed by atoms with E-state index in [9.17, 15) is 18.4 Å². The summed E-state index contributed by atoms with van der Waals surface area (Å²) >= 11 is 0. The zero-order valence-corrected chi connectivity index (χ0v) is 10.9. The highest BCUT2D eigenvalue weighted by Crippen LogP contribution is 2.23. The Hall–Kier alpha value is -2.77. The van der Waals surface area contributed by atoms with E-state index < -0.39 is 24.0 Å². The van der Waals surface area contributed by atoms with Crippen LogP contribution in [0.3, 0.4) is 0 Å². The van der Waals surface area contributed by atoms with E-state index >= 15 is 0 Å². The molecule has 0 aliphatic rings. The number of para-hydroxylation sites is 1. The maximum atomic E-state index is 12.8. The molecule has 0 fully saturated rings. The fraction of sp³-hybridized carbons (Fsp3) is 0.154. The maximum absolute atomic E-state index is 12.8. The van der Waals surface area contributed by atoms with E-state index in [1.165, 1.54) is 31.3 Å². The number of rotatable bonds is 4. The van der Waals surface area contributed by atoms with Crippen molar-refractivity contribution in [1.82, 2.24) is 9.78 Å². The van der Waals surface area contributed by atoms with Gasteiger partial charge in [0.2, 0.25) is 0 Å². The first-order valence-electron chi connectivity index (χ1n) is 5.85. The summed E-state index contributed by atoms with van der Waals surface area (Å²) in [4.78, 5) is 23.1. The molecule has 0 radical (unpaired) electrons. The van der Waals surface area contributed by atoms with Crippen molar-refractivity contribution in [2.24, 2.45) is 7.05 Å². The van der Waals surface area contributed by atoms with Crippen molar-refractivity contribution < 1.29 is 23.5 Å². The van der Waals surface area contributed by atoms with E-state index in [0.29, 0.717) is 0 Å². The van der Waals surface area contributed by atoms with Gasteiger partial charge in [-0.3, -0.25) is 9.48 Å². The second-order valence-corrected chi connectivity index (χ2v) is 4.21. The molecule has 1 heterocycles. The summed E-state index contributed by atoms with van der Waals surface area (Å²) in [6, 6.07) is 5.70. The summed E-state index contributed by atoms with van der Waals surface area (Å²) in [5.41, 5.74) is -1.05. The van der Waals surface area contributed by atoms with E-state index in [2.05, 4.69) is 10.4 Å². The van der Waals surface area contributed by atoms with Gasteiger partial charge in [0.1, 0.15) is 5.69 Å². The number of amides is 1. The first-order chi connectivity index (χ1) is 9.90. The molecule has 2 N–H and O–H groups in total. The molecular formula is C13H11F2N3O3. The lowest BCUT2D eigenvalue weighted by molar-refractivity contribution is 0.0698. The van der Waals surface area contributed by atoms with Crippen molar-refractivity contribution in [3.05, 3.63) is 47.3 Å². The zero-order chi connectivity index (χ0) is 15.6. The van der Waals surface area contributed by atoms with Gasteiger partial charge >= 0.3 is 5.97 Å². The number of carbonyl (C=O) groups excluding carboxylic acids is 1. The zero-order valence-electron chi connectivity index (χ0n) is 10.9. The SMILES string of the molecule is Cn1cc(C(=O)Nc2ccccc2C(=O)O)c(C(F)F)n1. The number of hydrogen-bond acceptors (Lipinski definition) is 3. The molecule has 1 aromatic heterocycles. The van der Waals surface area contributed by atoms with Gasteiger partial charge < -0.3 is 10.4 Å². The molecule has 1 amide bonds. The van der Waals surface area contributed by atoms with Crippen LogP contribution in [-0.4, -0.2) is 26.8 Å². The number of aryl methyl sites for hydroxylation is 1. The predicted octanol–water partition coefficient (Wildman–Crippen LogP) is 2.31. The lowest BCUT2D eigenvalue weighted by Crippen LogP contribution is -2.16. The third-order valence-corrected chi connectivity index (χ3v) is 2.71. The minimum atomic E-state index is -2.90. The second-order valence-electron chi connectivity index (χ2n) is 4.21. The fourth-order valence-electron chi connectivity index (χ4n) is 1.81. The molecule has 0 spiro atoms. The van der Waals surface area contributed by atoms with E-state index in [-0.39, 0.29) is 16.8 Å². The predicted molar refractivity (Wildman–Crippen MR) is 69.5 cm³/mol. The Morgan fingerprint density at radius 2 is 1.95 bits per heavy atom. The molecule has 21 heavy (non-hydrogen) atoms. The van der Waals surface area contributed by atoms with Crippen LogP contribution in [0.25, 0.3) is 0 Å². The topological polar surface area (TPSA) is 84.2 Å². The summed E-state index contributed by atoms with van der Waals surface area (Å²) in [6.07, 6.45) is -1.75. The molecule has 0 atom stereocenters. The quantitative estimate of drug-likeness (QED) is 0.906. The number of halogens is 2. The summed E-state index contributed by atoms with van der Waals surface area (Å²) in [5, 5.41) is 14.8.